The fourth-order valence-electron chi connectivity index (χ4n) is 1.46. The first kappa shape index (κ1) is 11.9. The van der Waals surface area contributed by atoms with Gasteiger partial charge in [-0.1, -0.05) is 0 Å². The quantitative estimate of drug-likeness (QED) is 0.537. The first-order valence-electron chi connectivity index (χ1n) is 4.80. The molecule has 2 aromatic heterocycles. The number of H-pyrrole nitrogens is 1. The van der Waals surface area contributed by atoms with Gasteiger partial charge in [0.25, 0.3) is 0 Å². The van der Waals surface area contributed by atoms with Crippen molar-refractivity contribution in [2.75, 3.05) is 7.11 Å². The van der Waals surface area contributed by atoms with Crippen LogP contribution in [0.1, 0.15) is 26.8 Å². The number of nitrogens with two attached hydrogens (primary N) is 1. The topological polar surface area (TPSA) is 133 Å². The van der Waals surface area contributed by atoms with Gasteiger partial charge in [-0.2, -0.15) is 5.90 Å². The van der Waals surface area contributed by atoms with Crippen LogP contribution >= 0.6 is 0 Å². The van der Waals surface area contributed by atoms with Gasteiger partial charge in [0.05, 0.1) is 7.11 Å². The smallest absolute Gasteiger partial charge is 0.379 e. The Morgan fingerprint density at radius 3 is 2.50 bits per heavy atom. The van der Waals surface area contributed by atoms with Crippen molar-refractivity contribution in [3.63, 3.8) is 0 Å². The minimum absolute atomic E-state index is 0.0922. The summed E-state index contributed by atoms with van der Waals surface area (Å²) in [5.41, 5.74) is 0.152. The maximum Gasteiger partial charge on any atom is 0.379 e. The van der Waals surface area contributed by atoms with E-state index in [9.17, 15) is 9.59 Å². The van der Waals surface area contributed by atoms with Crippen molar-refractivity contribution in [2.24, 2.45) is 5.90 Å². The molecule has 0 unspecified atom stereocenters. The lowest BCUT2D eigenvalue weighted by atomic mass is 10.2. The Labute approximate surface area is 100 Å². The largest absolute Gasteiger partial charge is 0.464 e. The number of methoxy groups -OCH3 is 1. The lowest BCUT2D eigenvalue weighted by Gasteiger charge is -2.01. The maximum absolute atomic E-state index is 11.5. The summed E-state index contributed by atoms with van der Waals surface area (Å²) in [6.45, 7) is 1.65. The van der Waals surface area contributed by atoms with Gasteiger partial charge in [-0.25, -0.2) is 14.6 Å². The molecule has 18 heavy (non-hydrogen) atoms. The summed E-state index contributed by atoms with van der Waals surface area (Å²) in [6.07, 6.45) is 0. The maximum atomic E-state index is 11.5. The van der Waals surface area contributed by atoms with E-state index in [1.54, 1.807) is 6.92 Å². The summed E-state index contributed by atoms with van der Waals surface area (Å²) in [7, 11) is 1.21. The number of aromatic nitrogens is 4. The van der Waals surface area contributed by atoms with Crippen LogP contribution in [0.5, 0.6) is 0 Å². The van der Waals surface area contributed by atoms with E-state index in [-0.39, 0.29) is 22.4 Å². The molecule has 0 saturated heterocycles. The van der Waals surface area contributed by atoms with Gasteiger partial charge in [0.2, 0.25) is 0 Å². The van der Waals surface area contributed by atoms with E-state index < -0.39 is 11.9 Å². The van der Waals surface area contributed by atoms with Crippen molar-refractivity contribution >= 4 is 23.0 Å². The summed E-state index contributed by atoms with van der Waals surface area (Å²) in [4.78, 5) is 33.8. The third-order valence-corrected chi connectivity index (χ3v) is 2.21. The van der Waals surface area contributed by atoms with E-state index in [1.165, 1.54) is 7.11 Å². The molecule has 0 aromatic carbocycles. The van der Waals surface area contributed by atoms with Crippen molar-refractivity contribution < 1.29 is 19.2 Å². The summed E-state index contributed by atoms with van der Waals surface area (Å²) >= 11 is 0. The van der Waals surface area contributed by atoms with Crippen LogP contribution in [0.15, 0.2) is 0 Å². The number of nitrogens with one attached hydrogen (secondary N) is 1. The van der Waals surface area contributed by atoms with Crippen LogP contribution < -0.4 is 5.90 Å². The average Bonchev–Trinajstić information content (AvgIpc) is 2.76. The molecular weight excluding hydrogens is 242 g/mol. The number of imidazole rings is 1. The minimum atomic E-state index is -0.882. The number of aromatic amines is 1. The van der Waals surface area contributed by atoms with Crippen LogP contribution in [0.25, 0.3) is 11.0 Å². The molecule has 2 heterocycles. The fraction of sp³-hybridized carbons (Fsp3) is 0.222. The van der Waals surface area contributed by atoms with Gasteiger partial charge in [0.1, 0.15) is 16.9 Å². The van der Waals surface area contributed by atoms with Crippen molar-refractivity contribution in [1.29, 1.82) is 0 Å². The molecule has 0 aliphatic rings. The molecular formula is C9H9N5O4. The normalized spacial score (nSPS) is 10.4. The van der Waals surface area contributed by atoms with Crippen LogP contribution in [0.2, 0.25) is 0 Å². The number of esters is 1. The van der Waals surface area contributed by atoms with Crippen LogP contribution in [-0.4, -0.2) is 39.2 Å². The number of rotatable bonds is 2. The number of hydrogen-bond donors (Lipinski definition) is 2. The summed E-state index contributed by atoms with van der Waals surface area (Å²) in [5.74, 6) is 3.68. The van der Waals surface area contributed by atoms with Crippen LogP contribution in [-0.2, 0) is 9.57 Å². The third-order valence-electron chi connectivity index (χ3n) is 2.21. The zero-order valence-electron chi connectivity index (χ0n) is 9.55. The highest BCUT2D eigenvalue weighted by molar-refractivity contribution is 6.06. The number of nitrogens with zero attached hydrogens (tertiary/aromatic N) is 3. The second-order valence-corrected chi connectivity index (χ2v) is 3.34. The number of carbonyl (C=O) groups excluding carboxylic acids is 2. The monoisotopic (exact) mass is 251 g/mol. The first-order chi connectivity index (χ1) is 8.58. The SMILES string of the molecule is COC(=O)c1nnc(C(=O)ON)c2[nH]c(C)nc12. The van der Waals surface area contributed by atoms with Gasteiger partial charge in [0, 0.05) is 0 Å². The molecule has 0 spiro atoms. The molecule has 2 aromatic rings. The Balaban J connectivity index is 2.73. The molecule has 3 N–H and O–H groups in total. The summed E-state index contributed by atoms with van der Waals surface area (Å²) in [6, 6.07) is 0. The Hall–Kier alpha value is -2.55. The summed E-state index contributed by atoms with van der Waals surface area (Å²) in [5, 5.41) is 7.18. The molecule has 0 saturated carbocycles. The first-order valence-corrected chi connectivity index (χ1v) is 4.80. The molecule has 2 rings (SSSR count). The van der Waals surface area contributed by atoms with Gasteiger partial charge < -0.3 is 14.6 Å². The molecule has 0 atom stereocenters. The predicted octanol–water partition coefficient (Wildman–Crippen LogP) is -0.522. The molecule has 0 fully saturated rings. The Morgan fingerprint density at radius 1 is 1.22 bits per heavy atom. The Bertz CT molecular complexity index is 582. The molecule has 0 radical (unpaired) electrons. The lowest BCUT2D eigenvalue weighted by molar-refractivity contribution is 0.0494. The highest BCUT2D eigenvalue weighted by atomic mass is 16.7. The predicted molar refractivity (Wildman–Crippen MR) is 57.4 cm³/mol. The van der Waals surface area contributed by atoms with E-state index >= 15 is 0 Å². The second-order valence-electron chi connectivity index (χ2n) is 3.34. The number of ether oxygens (including phenoxy) is 1. The zero-order valence-corrected chi connectivity index (χ0v) is 9.55. The van der Waals surface area contributed by atoms with Gasteiger partial charge in [-0.15, -0.1) is 10.2 Å². The van der Waals surface area contributed by atoms with Crippen LogP contribution in [0, 0.1) is 6.92 Å². The van der Waals surface area contributed by atoms with Crippen molar-refractivity contribution in [1.82, 2.24) is 20.2 Å². The number of aryl methyl sites for hydroxylation is 1. The standard InChI is InChI=1S/C9H9N5O4/c1-3-11-4-5(12-3)7(9(16)18-10)14-13-6(4)8(15)17-2/h10H2,1-2H3,(H,11,12). The molecule has 9 nitrogen and oxygen atoms in total. The minimum Gasteiger partial charge on any atom is -0.464 e. The Kier molecular flexibility index (Phi) is 2.90. The molecule has 0 amide bonds. The van der Waals surface area contributed by atoms with E-state index in [0.717, 1.165) is 0 Å². The van der Waals surface area contributed by atoms with Crippen molar-refractivity contribution in [3.05, 3.63) is 17.2 Å². The van der Waals surface area contributed by atoms with Gasteiger partial charge in [-0.05, 0) is 6.92 Å². The average molecular weight is 251 g/mol. The van der Waals surface area contributed by atoms with Gasteiger partial charge in [0.15, 0.2) is 11.4 Å². The second kappa shape index (κ2) is 4.37. The lowest BCUT2D eigenvalue weighted by Crippen LogP contribution is -2.15. The van der Waals surface area contributed by atoms with E-state index in [1.807, 2.05) is 0 Å². The van der Waals surface area contributed by atoms with Crippen LogP contribution in [0.3, 0.4) is 0 Å². The molecule has 9 heteroatoms. The number of carbonyl (C=O) groups is 2. The zero-order chi connectivity index (χ0) is 13.3. The highest BCUT2D eigenvalue weighted by Crippen LogP contribution is 2.18. The highest BCUT2D eigenvalue weighted by Gasteiger charge is 2.23. The van der Waals surface area contributed by atoms with Gasteiger partial charge in [-0.3, -0.25) is 0 Å². The van der Waals surface area contributed by atoms with Crippen LogP contribution in [0.4, 0.5) is 0 Å². The van der Waals surface area contributed by atoms with E-state index in [4.69, 9.17) is 5.90 Å². The fourth-order valence-corrected chi connectivity index (χ4v) is 1.46. The number of hydrogen-bond acceptors (Lipinski definition) is 8. The molecule has 0 aliphatic heterocycles. The van der Waals surface area contributed by atoms with E-state index in [0.29, 0.717) is 5.82 Å². The Morgan fingerprint density at radius 2 is 1.89 bits per heavy atom. The van der Waals surface area contributed by atoms with Crippen molar-refractivity contribution in [2.45, 2.75) is 6.92 Å². The van der Waals surface area contributed by atoms with Gasteiger partial charge >= 0.3 is 11.9 Å². The molecule has 0 bridgehead atoms. The number of fused-ring (bicyclic) bond motifs is 1. The summed E-state index contributed by atoms with van der Waals surface area (Å²) < 4.78 is 4.54. The molecule has 0 aliphatic carbocycles. The van der Waals surface area contributed by atoms with E-state index in [2.05, 4.69) is 29.7 Å². The third kappa shape index (κ3) is 1.76. The molecule has 94 valence electrons. The van der Waals surface area contributed by atoms with Crippen molar-refractivity contribution in [3.8, 4) is 0 Å².